The third-order valence-electron chi connectivity index (χ3n) is 3.23. The number of benzene rings is 1. The van der Waals surface area contributed by atoms with E-state index in [0.717, 1.165) is 28.6 Å². The second kappa shape index (κ2) is 5.61. The predicted octanol–water partition coefficient (Wildman–Crippen LogP) is 3.23. The lowest BCUT2D eigenvalue weighted by Gasteiger charge is -2.12. The molecule has 3 rings (SSSR count). The Labute approximate surface area is 122 Å². The summed E-state index contributed by atoms with van der Waals surface area (Å²) in [4.78, 5) is 0. The van der Waals surface area contributed by atoms with E-state index in [9.17, 15) is 0 Å². The standard InChI is InChI=1S/C15H15ClN4/c1-11(17-10-12-5-4-6-13(16)9-12)15-19-18-14-7-2-3-8-20(14)15/h2-9,11,17H,10H2,1H3. The van der Waals surface area contributed by atoms with Crippen molar-refractivity contribution in [2.75, 3.05) is 0 Å². The Morgan fingerprint density at radius 2 is 2.10 bits per heavy atom. The molecule has 1 N–H and O–H groups in total. The van der Waals surface area contributed by atoms with Gasteiger partial charge in [-0.3, -0.25) is 4.40 Å². The quantitative estimate of drug-likeness (QED) is 0.801. The maximum Gasteiger partial charge on any atom is 0.160 e. The van der Waals surface area contributed by atoms with Crippen LogP contribution in [0.4, 0.5) is 0 Å². The zero-order chi connectivity index (χ0) is 13.9. The maximum absolute atomic E-state index is 5.98. The normalized spacial score (nSPS) is 12.7. The predicted molar refractivity (Wildman–Crippen MR) is 79.7 cm³/mol. The number of fused-ring (bicyclic) bond motifs is 1. The minimum Gasteiger partial charge on any atom is -0.303 e. The Morgan fingerprint density at radius 3 is 2.95 bits per heavy atom. The number of nitrogens with one attached hydrogen (secondary N) is 1. The van der Waals surface area contributed by atoms with Gasteiger partial charge in [-0.1, -0.05) is 29.8 Å². The molecule has 1 unspecified atom stereocenters. The molecule has 3 aromatic rings. The molecule has 0 fully saturated rings. The van der Waals surface area contributed by atoms with Crippen molar-refractivity contribution < 1.29 is 0 Å². The first-order chi connectivity index (χ1) is 9.74. The van der Waals surface area contributed by atoms with E-state index in [4.69, 9.17) is 11.6 Å². The minimum absolute atomic E-state index is 0.103. The van der Waals surface area contributed by atoms with Crippen molar-refractivity contribution in [2.45, 2.75) is 19.5 Å². The van der Waals surface area contributed by atoms with Gasteiger partial charge < -0.3 is 5.32 Å². The Bertz CT molecular complexity index is 722. The van der Waals surface area contributed by atoms with Crippen molar-refractivity contribution in [3.05, 3.63) is 65.1 Å². The van der Waals surface area contributed by atoms with Crippen molar-refractivity contribution in [3.8, 4) is 0 Å². The Morgan fingerprint density at radius 1 is 1.20 bits per heavy atom. The van der Waals surface area contributed by atoms with Gasteiger partial charge in [-0.2, -0.15) is 0 Å². The topological polar surface area (TPSA) is 42.2 Å². The molecule has 0 spiro atoms. The van der Waals surface area contributed by atoms with Crippen molar-refractivity contribution >= 4 is 17.2 Å². The third-order valence-corrected chi connectivity index (χ3v) is 3.46. The van der Waals surface area contributed by atoms with Gasteiger partial charge in [-0.25, -0.2) is 0 Å². The fourth-order valence-corrected chi connectivity index (χ4v) is 2.38. The zero-order valence-electron chi connectivity index (χ0n) is 11.1. The summed E-state index contributed by atoms with van der Waals surface area (Å²) >= 11 is 5.98. The molecule has 0 aliphatic carbocycles. The minimum atomic E-state index is 0.103. The number of pyridine rings is 1. The molecule has 0 radical (unpaired) electrons. The Balaban J connectivity index is 1.75. The van der Waals surface area contributed by atoms with Crippen molar-refractivity contribution in [3.63, 3.8) is 0 Å². The van der Waals surface area contributed by atoms with Crippen LogP contribution in [0.15, 0.2) is 48.7 Å². The molecule has 0 saturated carbocycles. The first kappa shape index (κ1) is 13.1. The molecule has 20 heavy (non-hydrogen) atoms. The van der Waals surface area contributed by atoms with Crippen LogP contribution in [0.5, 0.6) is 0 Å². The van der Waals surface area contributed by atoms with Crippen LogP contribution in [-0.4, -0.2) is 14.6 Å². The van der Waals surface area contributed by atoms with Crippen LogP contribution in [0.2, 0.25) is 5.02 Å². The van der Waals surface area contributed by atoms with Gasteiger partial charge in [0.25, 0.3) is 0 Å². The van der Waals surface area contributed by atoms with E-state index in [1.807, 2.05) is 53.1 Å². The first-order valence-corrected chi connectivity index (χ1v) is 6.89. The summed E-state index contributed by atoms with van der Waals surface area (Å²) in [5.41, 5.74) is 2.01. The van der Waals surface area contributed by atoms with Gasteiger partial charge in [0, 0.05) is 17.8 Å². The second-order valence-electron chi connectivity index (χ2n) is 4.72. The van der Waals surface area contributed by atoms with E-state index >= 15 is 0 Å². The molecule has 0 saturated heterocycles. The monoisotopic (exact) mass is 286 g/mol. The maximum atomic E-state index is 5.98. The van der Waals surface area contributed by atoms with E-state index in [1.165, 1.54) is 0 Å². The summed E-state index contributed by atoms with van der Waals surface area (Å²) in [6.45, 7) is 2.82. The van der Waals surface area contributed by atoms with Crippen LogP contribution >= 0.6 is 11.6 Å². The van der Waals surface area contributed by atoms with Gasteiger partial charge in [0.05, 0.1) is 6.04 Å². The lowest BCUT2D eigenvalue weighted by Crippen LogP contribution is -2.20. The van der Waals surface area contributed by atoms with Gasteiger partial charge in [-0.05, 0) is 36.8 Å². The zero-order valence-corrected chi connectivity index (χ0v) is 11.9. The molecule has 0 amide bonds. The molecule has 0 aliphatic rings. The lowest BCUT2D eigenvalue weighted by atomic mass is 10.2. The van der Waals surface area contributed by atoms with Crippen LogP contribution in [0.25, 0.3) is 5.65 Å². The van der Waals surface area contributed by atoms with Crippen LogP contribution in [-0.2, 0) is 6.54 Å². The van der Waals surface area contributed by atoms with Crippen LogP contribution < -0.4 is 5.32 Å². The molecule has 102 valence electrons. The lowest BCUT2D eigenvalue weighted by molar-refractivity contribution is 0.541. The van der Waals surface area contributed by atoms with Crippen molar-refractivity contribution in [1.82, 2.24) is 19.9 Å². The van der Waals surface area contributed by atoms with Crippen LogP contribution in [0.3, 0.4) is 0 Å². The SMILES string of the molecule is CC(NCc1cccc(Cl)c1)c1nnc2ccccn12. The van der Waals surface area contributed by atoms with Gasteiger partial charge in [0.15, 0.2) is 11.5 Å². The fraction of sp³-hybridized carbons (Fsp3) is 0.200. The summed E-state index contributed by atoms with van der Waals surface area (Å²) in [5, 5.41) is 12.6. The number of aromatic nitrogens is 3. The van der Waals surface area contributed by atoms with E-state index in [2.05, 4.69) is 22.4 Å². The average Bonchev–Trinajstić information content (AvgIpc) is 2.89. The number of hydrogen-bond donors (Lipinski definition) is 1. The number of halogens is 1. The Hall–Kier alpha value is -1.91. The van der Waals surface area contributed by atoms with Crippen LogP contribution in [0.1, 0.15) is 24.4 Å². The number of rotatable bonds is 4. The van der Waals surface area contributed by atoms with E-state index < -0.39 is 0 Å². The first-order valence-electron chi connectivity index (χ1n) is 6.51. The number of nitrogens with zero attached hydrogens (tertiary/aromatic N) is 3. The smallest absolute Gasteiger partial charge is 0.160 e. The van der Waals surface area contributed by atoms with Crippen molar-refractivity contribution in [1.29, 1.82) is 0 Å². The highest BCUT2D eigenvalue weighted by atomic mass is 35.5. The molecule has 1 aromatic carbocycles. The highest BCUT2D eigenvalue weighted by molar-refractivity contribution is 6.30. The van der Waals surface area contributed by atoms with E-state index in [1.54, 1.807) is 0 Å². The average molecular weight is 287 g/mol. The Kier molecular flexibility index (Phi) is 3.67. The highest BCUT2D eigenvalue weighted by Crippen LogP contribution is 2.14. The van der Waals surface area contributed by atoms with Gasteiger partial charge in [0.2, 0.25) is 0 Å². The summed E-state index contributed by atoms with van der Waals surface area (Å²) in [6, 6.07) is 13.8. The highest BCUT2D eigenvalue weighted by Gasteiger charge is 2.12. The van der Waals surface area contributed by atoms with Gasteiger partial charge in [0.1, 0.15) is 0 Å². The second-order valence-corrected chi connectivity index (χ2v) is 5.16. The molecule has 0 bridgehead atoms. The fourth-order valence-electron chi connectivity index (χ4n) is 2.16. The molecule has 5 heteroatoms. The largest absolute Gasteiger partial charge is 0.303 e. The third kappa shape index (κ3) is 2.66. The summed E-state index contributed by atoms with van der Waals surface area (Å²) in [5.74, 6) is 0.905. The summed E-state index contributed by atoms with van der Waals surface area (Å²) in [6.07, 6.45) is 1.97. The van der Waals surface area contributed by atoms with E-state index in [0.29, 0.717) is 0 Å². The molecule has 1 atom stereocenters. The van der Waals surface area contributed by atoms with Gasteiger partial charge in [-0.15, -0.1) is 10.2 Å². The van der Waals surface area contributed by atoms with Crippen LogP contribution in [0, 0.1) is 0 Å². The summed E-state index contributed by atoms with van der Waals surface area (Å²) < 4.78 is 2.00. The van der Waals surface area contributed by atoms with Gasteiger partial charge >= 0.3 is 0 Å². The molecule has 2 heterocycles. The molecule has 2 aromatic heterocycles. The van der Waals surface area contributed by atoms with Crippen molar-refractivity contribution in [2.24, 2.45) is 0 Å². The molecular weight excluding hydrogens is 272 g/mol. The summed E-state index contributed by atoms with van der Waals surface area (Å²) in [7, 11) is 0. The molecule has 0 aliphatic heterocycles. The molecular formula is C15H15ClN4. The number of hydrogen-bond acceptors (Lipinski definition) is 3. The van der Waals surface area contributed by atoms with E-state index in [-0.39, 0.29) is 6.04 Å². The molecule has 4 nitrogen and oxygen atoms in total.